The average molecular weight is 366 g/mol. The van der Waals surface area contributed by atoms with Crippen LogP contribution in [0.15, 0.2) is 42.6 Å². The molecule has 1 aliphatic rings. The highest BCUT2D eigenvalue weighted by Gasteiger charge is 2.35. The van der Waals surface area contributed by atoms with Crippen molar-refractivity contribution in [3.8, 4) is 0 Å². The molecule has 1 saturated heterocycles. The first-order chi connectivity index (χ1) is 12.8. The molecule has 1 unspecified atom stereocenters. The number of piperazine rings is 1. The molecule has 0 bridgehead atoms. The molecular weight excluding hydrogens is 330 g/mol. The van der Waals surface area contributed by atoms with Crippen molar-refractivity contribution in [2.45, 2.75) is 65.6 Å². The minimum absolute atomic E-state index is 0.161. The highest BCUT2D eigenvalue weighted by Crippen LogP contribution is 2.36. The topological polar surface area (TPSA) is 19.4 Å². The summed E-state index contributed by atoms with van der Waals surface area (Å²) in [5, 5.41) is 0. The second-order valence-corrected chi connectivity index (χ2v) is 9.20. The first-order valence-corrected chi connectivity index (χ1v) is 10.2. The molecule has 3 rings (SSSR count). The highest BCUT2D eigenvalue weighted by atomic mass is 15.3. The number of aromatic nitrogens is 1. The summed E-state index contributed by atoms with van der Waals surface area (Å²) in [6, 6.07) is 13.8. The van der Waals surface area contributed by atoms with Gasteiger partial charge in [0.05, 0.1) is 0 Å². The Hall–Kier alpha value is -1.71. The van der Waals surface area contributed by atoms with Crippen LogP contribution >= 0.6 is 0 Å². The van der Waals surface area contributed by atoms with Gasteiger partial charge in [0.2, 0.25) is 0 Å². The summed E-state index contributed by atoms with van der Waals surface area (Å²) in [6.45, 7) is 18.0. The SMILES string of the molecule is Cc1cc(CN2CCN(C(C)(C)C)C(c3ccccc3C(C)C)C2)ccn1. The normalized spacial score (nSPS) is 19.6. The number of hydrogen-bond donors (Lipinski definition) is 0. The van der Waals surface area contributed by atoms with Crippen LogP contribution in [0.2, 0.25) is 0 Å². The first kappa shape index (κ1) is 20.0. The molecule has 0 amide bonds. The fraction of sp³-hybridized carbons (Fsp3) is 0.542. The van der Waals surface area contributed by atoms with Crippen molar-refractivity contribution in [3.05, 3.63) is 65.0 Å². The highest BCUT2D eigenvalue weighted by molar-refractivity contribution is 5.33. The summed E-state index contributed by atoms with van der Waals surface area (Å²) >= 11 is 0. The van der Waals surface area contributed by atoms with Crippen molar-refractivity contribution >= 4 is 0 Å². The van der Waals surface area contributed by atoms with Gasteiger partial charge < -0.3 is 0 Å². The minimum Gasteiger partial charge on any atom is -0.296 e. The summed E-state index contributed by atoms with van der Waals surface area (Å²) < 4.78 is 0. The number of benzene rings is 1. The van der Waals surface area contributed by atoms with Crippen molar-refractivity contribution in [2.24, 2.45) is 0 Å². The van der Waals surface area contributed by atoms with Crippen molar-refractivity contribution in [1.82, 2.24) is 14.8 Å². The van der Waals surface area contributed by atoms with Gasteiger partial charge in [-0.15, -0.1) is 0 Å². The van der Waals surface area contributed by atoms with Gasteiger partial charge in [-0.2, -0.15) is 0 Å². The summed E-state index contributed by atoms with van der Waals surface area (Å²) in [4.78, 5) is 9.65. The number of aryl methyl sites for hydroxylation is 1. The quantitative estimate of drug-likeness (QED) is 0.745. The van der Waals surface area contributed by atoms with E-state index < -0.39 is 0 Å². The van der Waals surface area contributed by atoms with Gasteiger partial charge in [-0.25, -0.2) is 0 Å². The van der Waals surface area contributed by atoms with E-state index in [0.717, 1.165) is 31.9 Å². The zero-order valence-corrected chi connectivity index (χ0v) is 17.9. The standard InChI is InChI=1S/C24H35N3/c1-18(2)21-9-7-8-10-22(21)23-17-26(13-14-27(23)24(4,5)6)16-20-11-12-25-19(3)15-20/h7-12,15,18,23H,13-14,16-17H2,1-6H3. The largest absolute Gasteiger partial charge is 0.296 e. The Bertz CT molecular complexity index is 760. The molecule has 0 aliphatic carbocycles. The van der Waals surface area contributed by atoms with Crippen LogP contribution in [0.25, 0.3) is 0 Å². The minimum atomic E-state index is 0.161. The molecule has 1 aromatic carbocycles. The van der Waals surface area contributed by atoms with E-state index in [2.05, 4.69) is 92.7 Å². The molecule has 2 aromatic rings. The van der Waals surface area contributed by atoms with Crippen LogP contribution in [-0.4, -0.2) is 40.0 Å². The van der Waals surface area contributed by atoms with E-state index >= 15 is 0 Å². The maximum Gasteiger partial charge on any atom is 0.0483 e. The molecule has 0 saturated carbocycles. The molecule has 0 radical (unpaired) electrons. The summed E-state index contributed by atoms with van der Waals surface area (Å²) in [5.74, 6) is 0.543. The van der Waals surface area contributed by atoms with Crippen molar-refractivity contribution in [2.75, 3.05) is 19.6 Å². The maximum atomic E-state index is 4.34. The number of pyridine rings is 1. The van der Waals surface area contributed by atoms with E-state index in [1.807, 2.05) is 6.20 Å². The summed E-state index contributed by atoms with van der Waals surface area (Å²) in [6.07, 6.45) is 1.93. The average Bonchev–Trinajstić information content (AvgIpc) is 2.60. The Morgan fingerprint density at radius 2 is 1.85 bits per heavy atom. The van der Waals surface area contributed by atoms with Gasteiger partial charge in [0.15, 0.2) is 0 Å². The van der Waals surface area contributed by atoms with E-state index in [0.29, 0.717) is 12.0 Å². The van der Waals surface area contributed by atoms with Gasteiger partial charge in [-0.3, -0.25) is 14.8 Å². The van der Waals surface area contributed by atoms with E-state index in [-0.39, 0.29) is 5.54 Å². The Morgan fingerprint density at radius 1 is 1.11 bits per heavy atom. The Morgan fingerprint density at radius 3 is 2.52 bits per heavy atom. The van der Waals surface area contributed by atoms with Crippen LogP contribution in [0.1, 0.15) is 69.0 Å². The zero-order valence-electron chi connectivity index (χ0n) is 17.9. The molecule has 3 nitrogen and oxygen atoms in total. The molecule has 2 heterocycles. The van der Waals surface area contributed by atoms with E-state index in [1.54, 1.807) is 0 Å². The van der Waals surface area contributed by atoms with Gasteiger partial charge in [0.1, 0.15) is 0 Å². The summed E-state index contributed by atoms with van der Waals surface area (Å²) in [7, 11) is 0. The third kappa shape index (κ3) is 4.77. The molecule has 27 heavy (non-hydrogen) atoms. The van der Waals surface area contributed by atoms with Gasteiger partial charge >= 0.3 is 0 Å². The van der Waals surface area contributed by atoms with Crippen molar-refractivity contribution in [3.63, 3.8) is 0 Å². The first-order valence-electron chi connectivity index (χ1n) is 10.2. The van der Waals surface area contributed by atoms with Crippen LogP contribution in [0, 0.1) is 6.92 Å². The molecule has 0 spiro atoms. The van der Waals surface area contributed by atoms with E-state index in [1.165, 1.54) is 16.7 Å². The third-order valence-electron chi connectivity index (χ3n) is 5.67. The van der Waals surface area contributed by atoms with Crippen LogP contribution in [-0.2, 0) is 6.54 Å². The fourth-order valence-electron chi connectivity index (χ4n) is 4.35. The van der Waals surface area contributed by atoms with Crippen molar-refractivity contribution < 1.29 is 0 Å². The van der Waals surface area contributed by atoms with Crippen molar-refractivity contribution in [1.29, 1.82) is 0 Å². The lowest BCUT2D eigenvalue weighted by Crippen LogP contribution is -2.55. The molecule has 1 fully saturated rings. The zero-order chi connectivity index (χ0) is 19.6. The second-order valence-electron chi connectivity index (χ2n) is 9.20. The smallest absolute Gasteiger partial charge is 0.0483 e. The van der Waals surface area contributed by atoms with E-state index in [9.17, 15) is 0 Å². The number of nitrogens with zero attached hydrogens (tertiary/aromatic N) is 3. The van der Waals surface area contributed by atoms with Gasteiger partial charge in [-0.1, -0.05) is 38.1 Å². The Labute approximate surface area is 165 Å². The predicted octanol–water partition coefficient (Wildman–Crippen LogP) is 5.17. The monoisotopic (exact) mass is 365 g/mol. The van der Waals surface area contributed by atoms with Crippen LogP contribution in [0.5, 0.6) is 0 Å². The second kappa shape index (κ2) is 8.12. The molecular formula is C24H35N3. The number of rotatable bonds is 4. The van der Waals surface area contributed by atoms with Crippen LogP contribution in [0.3, 0.4) is 0 Å². The third-order valence-corrected chi connectivity index (χ3v) is 5.67. The van der Waals surface area contributed by atoms with Gasteiger partial charge in [0.25, 0.3) is 0 Å². The molecule has 1 aromatic heterocycles. The molecule has 1 atom stereocenters. The predicted molar refractivity (Wildman–Crippen MR) is 114 cm³/mol. The van der Waals surface area contributed by atoms with Gasteiger partial charge in [-0.05, 0) is 62.4 Å². The molecule has 3 heteroatoms. The number of hydrogen-bond acceptors (Lipinski definition) is 3. The van der Waals surface area contributed by atoms with E-state index in [4.69, 9.17) is 0 Å². The molecule has 146 valence electrons. The van der Waals surface area contributed by atoms with Gasteiger partial charge in [0, 0.05) is 49.7 Å². The molecule has 1 aliphatic heterocycles. The lowest BCUT2D eigenvalue weighted by atomic mass is 9.88. The van der Waals surface area contributed by atoms with Crippen LogP contribution in [0.4, 0.5) is 0 Å². The maximum absolute atomic E-state index is 4.34. The fourth-order valence-corrected chi connectivity index (χ4v) is 4.35. The lowest BCUT2D eigenvalue weighted by Gasteiger charge is -2.49. The van der Waals surface area contributed by atoms with Crippen LogP contribution < -0.4 is 0 Å². The lowest BCUT2D eigenvalue weighted by molar-refractivity contribution is 0.00554. The molecule has 0 N–H and O–H groups in total. The Balaban J connectivity index is 1.89. The summed E-state index contributed by atoms with van der Waals surface area (Å²) in [5.41, 5.74) is 5.61. The Kier molecular flexibility index (Phi) is 6.02.